The third-order valence-electron chi connectivity index (χ3n) is 5.03. The van der Waals surface area contributed by atoms with E-state index in [4.69, 9.17) is 13.9 Å². The first-order valence-corrected chi connectivity index (χ1v) is 10.4. The zero-order chi connectivity index (χ0) is 22.6. The van der Waals surface area contributed by atoms with Crippen molar-refractivity contribution in [1.29, 1.82) is 0 Å². The molecular weight excluding hydrogens is 394 g/mol. The largest absolute Gasteiger partial charge is 0.494 e. The summed E-state index contributed by atoms with van der Waals surface area (Å²) in [6.45, 7) is 10.2. The number of amides is 1. The second kappa shape index (κ2) is 9.25. The predicted molar refractivity (Wildman–Crippen MR) is 119 cm³/mol. The van der Waals surface area contributed by atoms with Crippen LogP contribution >= 0.6 is 0 Å². The number of nitrogens with zero attached hydrogens (tertiary/aromatic N) is 1. The van der Waals surface area contributed by atoms with Crippen LogP contribution in [0.5, 0.6) is 5.75 Å². The molecule has 0 bridgehead atoms. The van der Waals surface area contributed by atoms with Crippen LogP contribution in [-0.2, 0) is 16.1 Å². The number of hydrogen-bond acceptors (Lipinski definition) is 5. The molecule has 0 radical (unpaired) electrons. The summed E-state index contributed by atoms with van der Waals surface area (Å²) >= 11 is 0. The normalized spacial score (nSPS) is 11.4. The summed E-state index contributed by atoms with van der Waals surface area (Å²) in [5.74, 6) is -0.122. The fraction of sp³-hybridized carbons (Fsp3) is 0.360. The molecule has 1 amide bonds. The fourth-order valence-electron chi connectivity index (χ4n) is 3.39. The van der Waals surface area contributed by atoms with Gasteiger partial charge in [-0.25, -0.2) is 4.79 Å². The summed E-state index contributed by atoms with van der Waals surface area (Å²) in [6.07, 6.45) is 0. The molecule has 2 aromatic carbocycles. The van der Waals surface area contributed by atoms with Crippen molar-refractivity contribution in [2.24, 2.45) is 0 Å². The smallest absolute Gasteiger partial charge is 0.375 e. The highest BCUT2D eigenvalue weighted by Crippen LogP contribution is 2.29. The Morgan fingerprint density at radius 2 is 1.77 bits per heavy atom. The Morgan fingerprint density at radius 3 is 2.42 bits per heavy atom. The second-order valence-corrected chi connectivity index (χ2v) is 8.36. The Kier molecular flexibility index (Phi) is 6.68. The van der Waals surface area contributed by atoms with Gasteiger partial charge in [-0.15, -0.1) is 0 Å². The van der Waals surface area contributed by atoms with E-state index in [9.17, 15) is 9.59 Å². The van der Waals surface area contributed by atoms with Gasteiger partial charge in [0.05, 0.1) is 6.61 Å². The minimum absolute atomic E-state index is 0.0989. The molecule has 6 nitrogen and oxygen atoms in total. The van der Waals surface area contributed by atoms with E-state index in [0.29, 0.717) is 30.0 Å². The average Bonchev–Trinajstić information content (AvgIpc) is 3.06. The number of furan rings is 1. The van der Waals surface area contributed by atoms with Crippen LogP contribution in [0.2, 0.25) is 0 Å². The molecule has 0 unspecified atom stereocenters. The molecule has 0 spiro atoms. The topological polar surface area (TPSA) is 69.0 Å². The van der Waals surface area contributed by atoms with Gasteiger partial charge in [0.25, 0.3) is 5.91 Å². The lowest BCUT2D eigenvalue weighted by molar-refractivity contribution is -0.140. The molecule has 0 saturated heterocycles. The van der Waals surface area contributed by atoms with Crippen LogP contribution in [-0.4, -0.2) is 35.5 Å². The van der Waals surface area contributed by atoms with Crippen molar-refractivity contribution in [2.75, 3.05) is 13.2 Å². The number of fused-ring (bicyclic) bond motifs is 1. The number of ether oxygens (including phenoxy) is 2. The highest BCUT2D eigenvalue weighted by Gasteiger charge is 2.28. The summed E-state index contributed by atoms with van der Waals surface area (Å²) < 4.78 is 16.5. The van der Waals surface area contributed by atoms with E-state index in [-0.39, 0.29) is 18.3 Å². The SMILES string of the molecule is CCOc1ccc2oc(C(=O)OCC(=O)N(Cc3ccccc3)C(C)(C)C)c(C)c2c1. The van der Waals surface area contributed by atoms with E-state index < -0.39 is 11.5 Å². The molecule has 0 aliphatic carbocycles. The monoisotopic (exact) mass is 423 g/mol. The van der Waals surface area contributed by atoms with Gasteiger partial charge < -0.3 is 18.8 Å². The van der Waals surface area contributed by atoms with Crippen molar-refractivity contribution >= 4 is 22.8 Å². The average molecular weight is 424 g/mol. The third kappa shape index (κ3) is 5.26. The van der Waals surface area contributed by atoms with E-state index in [0.717, 1.165) is 10.9 Å². The molecule has 0 fully saturated rings. The van der Waals surface area contributed by atoms with Gasteiger partial charge in [-0.1, -0.05) is 30.3 Å². The summed E-state index contributed by atoms with van der Waals surface area (Å²) in [6, 6.07) is 15.1. The molecule has 3 aromatic rings. The van der Waals surface area contributed by atoms with Gasteiger partial charge in [-0.2, -0.15) is 0 Å². The maximum atomic E-state index is 12.9. The van der Waals surface area contributed by atoms with Gasteiger partial charge in [-0.05, 0) is 58.4 Å². The standard InChI is InChI=1S/C25H29NO5/c1-6-29-19-12-13-21-20(14-19)17(2)23(31-21)24(28)30-16-22(27)26(25(3,4)5)15-18-10-8-7-9-11-18/h7-14H,6,15-16H2,1-5H3. The van der Waals surface area contributed by atoms with Gasteiger partial charge >= 0.3 is 5.97 Å². The van der Waals surface area contributed by atoms with Crippen LogP contribution in [0.1, 0.15) is 49.4 Å². The summed E-state index contributed by atoms with van der Waals surface area (Å²) in [5.41, 5.74) is 1.81. The van der Waals surface area contributed by atoms with Crippen molar-refractivity contribution in [1.82, 2.24) is 4.90 Å². The first-order valence-electron chi connectivity index (χ1n) is 10.4. The zero-order valence-corrected chi connectivity index (χ0v) is 18.7. The van der Waals surface area contributed by atoms with Crippen LogP contribution in [0.3, 0.4) is 0 Å². The predicted octanol–water partition coefficient (Wildman–Crippen LogP) is 5.12. The Morgan fingerprint density at radius 1 is 1.06 bits per heavy atom. The Balaban J connectivity index is 1.72. The molecule has 31 heavy (non-hydrogen) atoms. The summed E-state index contributed by atoms with van der Waals surface area (Å²) in [7, 11) is 0. The lowest BCUT2D eigenvalue weighted by Crippen LogP contribution is -2.46. The van der Waals surface area contributed by atoms with Crippen LogP contribution in [0.15, 0.2) is 52.9 Å². The van der Waals surface area contributed by atoms with E-state index in [1.807, 2.05) is 64.1 Å². The Labute approximate surface area is 182 Å². The quantitative estimate of drug-likeness (QED) is 0.493. The van der Waals surface area contributed by atoms with Gasteiger partial charge in [0.1, 0.15) is 11.3 Å². The van der Waals surface area contributed by atoms with Crippen molar-refractivity contribution < 1.29 is 23.5 Å². The maximum absolute atomic E-state index is 12.9. The number of benzene rings is 2. The Bertz CT molecular complexity index is 1060. The minimum Gasteiger partial charge on any atom is -0.494 e. The first-order chi connectivity index (χ1) is 14.7. The first kappa shape index (κ1) is 22.4. The van der Waals surface area contributed by atoms with Gasteiger partial charge in [0.2, 0.25) is 5.76 Å². The Hall–Kier alpha value is -3.28. The maximum Gasteiger partial charge on any atom is 0.375 e. The van der Waals surface area contributed by atoms with E-state index in [2.05, 4.69) is 0 Å². The second-order valence-electron chi connectivity index (χ2n) is 8.36. The number of carbonyl (C=O) groups is 2. The summed E-state index contributed by atoms with van der Waals surface area (Å²) in [4.78, 5) is 27.3. The van der Waals surface area contributed by atoms with Crippen LogP contribution in [0.4, 0.5) is 0 Å². The van der Waals surface area contributed by atoms with Crippen LogP contribution < -0.4 is 4.74 Å². The van der Waals surface area contributed by atoms with Crippen LogP contribution in [0, 0.1) is 6.92 Å². The number of aryl methyl sites for hydroxylation is 1. The fourth-order valence-corrected chi connectivity index (χ4v) is 3.39. The summed E-state index contributed by atoms with van der Waals surface area (Å²) in [5, 5.41) is 0.782. The molecule has 1 heterocycles. The van der Waals surface area contributed by atoms with Crippen molar-refractivity contribution in [3.05, 3.63) is 65.4 Å². The number of hydrogen-bond donors (Lipinski definition) is 0. The lowest BCUT2D eigenvalue weighted by Gasteiger charge is -2.35. The molecule has 0 N–H and O–H groups in total. The number of esters is 1. The van der Waals surface area contributed by atoms with E-state index >= 15 is 0 Å². The van der Waals surface area contributed by atoms with Crippen LogP contribution in [0.25, 0.3) is 11.0 Å². The van der Waals surface area contributed by atoms with Crippen molar-refractivity contribution in [3.8, 4) is 5.75 Å². The molecule has 0 saturated carbocycles. The molecule has 6 heteroatoms. The lowest BCUT2D eigenvalue weighted by atomic mass is 10.0. The molecule has 1 aromatic heterocycles. The third-order valence-corrected chi connectivity index (χ3v) is 5.03. The van der Waals surface area contributed by atoms with Gasteiger partial charge in [0, 0.05) is 23.0 Å². The highest BCUT2D eigenvalue weighted by molar-refractivity contribution is 5.97. The highest BCUT2D eigenvalue weighted by atomic mass is 16.5. The van der Waals surface area contributed by atoms with Gasteiger partial charge in [0.15, 0.2) is 6.61 Å². The molecule has 3 rings (SSSR count). The molecule has 0 atom stereocenters. The number of rotatable bonds is 7. The van der Waals surface area contributed by atoms with Crippen molar-refractivity contribution in [2.45, 2.75) is 46.7 Å². The molecule has 0 aliphatic heterocycles. The zero-order valence-electron chi connectivity index (χ0n) is 18.7. The van der Waals surface area contributed by atoms with Crippen molar-refractivity contribution in [3.63, 3.8) is 0 Å². The van der Waals surface area contributed by atoms with Gasteiger partial charge in [-0.3, -0.25) is 4.79 Å². The molecule has 164 valence electrons. The molecule has 0 aliphatic rings. The number of carbonyl (C=O) groups excluding carboxylic acids is 2. The van der Waals surface area contributed by atoms with E-state index in [1.165, 1.54) is 0 Å². The minimum atomic E-state index is -0.659. The molecular formula is C25H29NO5. The van der Waals surface area contributed by atoms with E-state index in [1.54, 1.807) is 24.0 Å².